The number of carbonyl (C=O) groups excluding carboxylic acids is 2. The van der Waals surface area contributed by atoms with Gasteiger partial charge in [-0.2, -0.15) is 4.98 Å². The van der Waals surface area contributed by atoms with Crippen LogP contribution in [-0.2, 0) is 11.2 Å². The molecule has 0 atom stereocenters. The summed E-state index contributed by atoms with van der Waals surface area (Å²) < 4.78 is 5.41. The van der Waals surface area contributed by atoms with Crippen LogP contribution in [-0.4, -0.2) is 60.7 Å². The van der Waals surface area contributed by atoms with Crippen LogP contribution >= 0.6 is 0 Å². The molecule has 0 unspecified atom stereocenters. The van der Waals surface area contributed by atoms with Gasteiger partial charge in [0.05, 0.1) is 13.2 Å². The number of amides is 2. The summed E-state index contributed by atoms with van der Waals surface area (Å²) in [5.41, 5.74) is 3.56. The molecule has 0 saturated carbocycles. The van der Waals surface area contributed by atoms with Crippen molar-refractivity contribution >= 4 is 29.3 Å². The second-order valence-electron chi connectivity index (χ2n) is 8.08. The summed E-state index contributed by atoms with van der Waals surface area (Å²) in [4.78, 5) is 36.6. The van der Waals surface area contributed by atoms with Crippen LogP contribution in [0.15, 0.2) is 18.2 Å². The van der Waals surface area contributed by atoms with Crippen LogP contribution < -0.4 is 20.9 Å². The summed E-state index contributed by atoms with van der Waals surface area (Å²) in [5.74, 6) is 0.139. The molecule has 4 rings (SSSR count). The van der Waals surface area contributed by atoms with Crippen LogP contribution in [0.3, 0.4) is 0 Å². The van der Waals surface area contributed by atoms with E-state index in [2.05, 4.69) is 30.8 Å². The summed E-state index contributed by atoms with van der Waals surface area (Å²) in [6, 6.07) is 5.75. The highest BCUT2D eigenvalue weighted by atomic mass is 16.5. The highest BCUT2D eigenvalue weighted by Crippen LogP contribution is 2.25. The molecule has 2 aliphatic heterocycles. The molecule has 9 heteroatoms. The van der Waals surface area contributed by atoms with Gasteiger partial charge in [0, 0.05) is 42.5 Å². The first kappa shape index (κ1) is 21.0. The Labute approximate surface area is 181 Å². The number of carbonyl (C=O) groups is 2. The Hall–Kier alpha value is -3.20. The normalized spacial score (nSPS) is 15.4. The summed E-state index contributed by atoms with van der Waals surface area (Å²) in [5, 5.41) is 8.78. The maximum atomic E-state index is 12.9. The third kappa shape index (κ3) is 4.61. The fourth-order valence-corrected chi connectivity index (χ4v) is 3.84. The predicted molar refractivity (Wildman–Crippen MR) is 119 cm³/mol. The molecule has 2 aromatic rings. The van der Waals surface area contributed by atoms with Crippen LogP contribution in [0.4, 0.5) is 17.5 Å². The quantitative estimate of drug-likeness (QED) is 0.673. The minimum atomic E-state index is -0.306. The molecule has 0 radical (unpaired) electrons. The molecule has 164 valence electrons. The molecule has 9 nitrogen and oxygen atoms in total. The Bertz CT molecular complexity index is 1000. The van der Waals surface area contributed by atoms with Crippen molar-refractivity contribution in [1.29, 1.82) is 0 Å². The molecule has 2 aliphatic rings. The summed E-state index contributed by atoms with van der Waals surface area (Å²) >= 11 is 0. The maximum absolute atomic E-state index is 12.9. The summed E-state index contributed by atoms with van der Waals surface area (Å²) in [6.07, 6.45) is 0.673. The van der Waals surface area contributed by atoms with E-state index in [1.165, 1.54) is 0 Å². The number of hydrogen-bond donors (Lipinski definition) is 3. The van der Waals surface area contributed by atoms with E-state index in [4.69, 9.17) is 4.74 Å². The van der Waals surface area contributed by atoms with E-state index in [-0.39, 0.29) is 23.8 Å². The van der Waals surface area contributed by atoms with Crippen molar-refractivity contribution in [2.24, 2.45) is 0 Å². The Balaban J connectivity index is 1.55. The van der Waals surface area contributed by atoms with Crippen LogP contribution in [0.25, 0.3) is 0 Å². The van der Waals surface area contributed by atoms with E-state index >= 15 is 0 Å². The van der Waals surface area contributed by atoms with Crippen molar-refractivity contribution in [3.05, 3.63) is 40.6 Å². The SMILES string of the molecule is Cc1cc(N2CCOCC2)ccc1C(=O)Nc1nc2c(c(C(=O)NC(C)C)n1)CCN2. The Morgan fingerprint density at radius 1 is 1.16 bits per heavy atom. The first-order valence-electron chi connectivity index (χ1n) is 10.6. The van der Waals surface area contributed by atoms with Crippen molar-refractivity contribution in [3.63, 3.8) is 0 Å². The highest BCUT2D eigenvalue weighted by molar-refractivity contribution is 6.05. The van der Waals surface area contributed by atoms with Crippen LogP contribution in [0.1, 0.15) is 45.8 Å². The number of aromatic nitrogens is 2. The van der Waals surface area contributed by atoms with Gasteiger partial charge in [0.1, 0.15) is 11.5 Å². The first-order valence-corrected chi connectivity index (χ1v) is 10.6. The zero-order valence-corrected chi connectivity index (χ0v) is 18.1. The molecule has 2 amide bonds. The lowest BCUT2D eigenvalue weighted by Crippen LogP contribution is -2.36. The summed E-state index contributed by atoms with van der Waals surface area (Å²) in [7, 11) is 0. The van der Waals surface area contributed by atoms with Gasteiger partial charge in [-0.15, -0.1) is 0 Å². The fourth-order valence-electron chi connectivity index (χ4n) is 3.84. The maximum Gasteiger partial charge on any atom is 0.270 e. The number of fused-ring (bicyclic) bond motifs is 1. The minimum Gasteiger partial charge on any atom is -0.378 e. The monoisotopic (exact) mass is 424 g/mol. The number of rotatable bonds is 5. The summed E-state index contributed by atoms with van der Waals surface area (Å²) in [6.45, 7) is 9.46. The van der Waals surface area contributed by atoms with E-state index < -0.39 is 0 Å². The minimum absolute atomic E-state index is 0.0156. The molecule has 1 fully saturated rings. The Morgan fingerprint density at radius 3 is 2.65 bits per heavy atom. The molecule has 0 bridgehead atoms. The third-order valence-corrected chi connectivity index (χ3v) is 5.37. The van der Waals surface area contributed by atoms with Crippen molar-refractivity contribution in [2.75, 3.05) is 48.4 Å². The molecule has 1 aromatic carbocycles. The lowest BCUT2D eigenvalue weighted by Gasteiger charge is -2.29. The topological polar surface area (TPSA) is 108 Å². The van der Waals surface area contributed by atoms with Crippen LogP contribution in [0.5, 0.6) is 0 Å². The van der Waals surface area contributed by atoms with Gasteiger partial charge in [-0.25, -0.2) is 4.98 Å². The van der Waals surface area contributed by atoms with E-state index in [1.54, 1.807) is 0 Å². The van der Waals surface area contributed by atoms with Crippen LogP contribution in [0.2, 0.25) is 0 Å². The Morgan fingerprint density at radius 2 is 1.94 bits per heavy atom. The second kappa shape index (κ2) is 8.89. The van der Waals surface area contributed by atoms with E-state index in [9.17, 15) is 9.59 Å². The van der Waals surface area contributed by atoms with Gasteiger partial charge in [-0.1, -0.05) is 0 Å². The molecular formula is C22H28N6O3. The van der Waals surface area contributed by atoms with E-state index in [0.29, 0.717) is 43.3 Å². The molecule has 31 heavy (non-hydrogen) atoms. The van der Waals surface area contributed by atoms with Crippen molar-refractivity contribution in [2.45, 2.75) is 33.2 Å². The van der Waals surface area contributed by atoms with E-state index in [1.807, 2.05) is 39.0 Å². The van der Waals surface area contributed by atoms with Gasteiger partial charge in [0.2, 0.25) is 5.95 Å². The number of aryl methyl sites for hydroxylation is 1. The molecule has 0 spiro atoms. The van der Waals surface area contributed by atoms with Crippen molar-refractivity contribution in [3.8, 4) is 0 Å². The van der Waals surface area contributed by atoms with Gasteiger partial charge in [-0.05, 0) is 51.0 Å². The predicted octanol–water partition coefficient (Wildman–Crippen LogP) is 1.98. The number of morpholine rings is 1. The van der Waals surface area contributed by atoms with Gasteiger partial charge in [0.15, 0.2) is 0 Å². The molecular weight excluding hydrogens is 396 g/mol. The number of ether oxygens (including phenoxy) is 1. The molecule has 0 aliphatic carbocycles. The standard InChI is InChI=1S/C22H28N6O3/c1-13(2)24-21(30)18-17-6-7-23-19(17)26-22(25-18)27-20(29)16-5-4-15(12-14(16)3)28-8-10-31-11-9-28/h4-5,12-13H,6-11H2,1-3H3,(H,24,30)(H2,23,25,26,27,29). The zero-order chi connectivity index (χ0) is 22.0. The third-order valence-electron chi connectivity index (χ3n) is 5.37. The molecule has 3 N–H and O–H groups in total. The lowest BCUT2D eigenvalue weighted by atomic mass is 10.1. The second-order valence-corrected chi connectivity index (χ2v) is 8.08. The Kier molecular flexibility index (Phi) is 6.03. The average molecular weight is 425 g/mol. The van der Waals surface area contributed by atoms with Gasteiger partial charge >= 0.3 is 0 Å². The number of nitrogens with one attached hydrogen (secondary N) is 3. The first-order chi connectivity index (χ1) is 14.9. The van der Waals surface area contributed by atoms with Crippen molar-refractivity contribution < 1.29 is 14.3 Å². The van der Waals surface area contributed by atoms with Gasteiger partial charge in [-0.3, -0.25) is 14.9 Å². The zero-order valence-electron chi connectivity index (χ0n) is 18.1. The lowest BCUT2D eigenvalue weighted by molar-refractivity contribution is 0.0935. The smallest absolute Gasteiger partial charge is 0.270 e. The van der Waals surface area contributed by atoms with Crippen LogP contribution in [0, 0.1) is 6.92 Å². The number of anilines is 3. The van der Waals surface area contributed by atoms with Gasteiger partial charge in [0.25, 0.3) is 11.8 Å². The highest BCUT2D eigenvalue weighted by Gasteiger charge is 2.25. The average Bonchev–Trinajstić information content (AvgIpc) is 3.21. The number of nitrogens with zero attached hydrogens (tertiary/aromatic N) is 3. The van der Waals surface area contributed by atoms with Crippen molar-refractivity contribution in [1.82, 2.24) is 15.3 Å². The molecule has 1 saturated heterocycles. The molecule has 3 heterocycles. The number of hydrogen-bond acceptors (Lipinski definition) is 7. The fraction of sp³-hybridized carbons (Fsp3) is 0.455. The van der Waals surface area contributed by atoms with E-state index in [0.717, 1.165) is 29.9 Å². The largest absolute Gasteiger partial charge is 0.378 e. The van der Waals surface area contributed by atoms with Gasteiger partial charge < -0.3 is 20.3 Å². The number of benzene rings is 1. The molecule has 1 aromatic heterocycles.